The molecule has 0 N–H and O–H groups in total. The maximum Gasteiger partial charge on any atom is 0.0991 e. The highest BCUT2D eigenvalue weighted by Gasteiger charge is 1.95. The highest BCUT2D eigenvalue weighted by molar-refractivity contribution is 5.72. The Hall–Kier alpha value is -1.81. The van der Waals surface area contributed by atoms with E-state index in [9.17, 15) is 0 Å². The normalized spacial score (nSPS) is 8.58. The lowest BCUT2D eigenvalue weighted by Crippen LogP contribution is -1.80. The predicted octanol–water partition coefficient (Wildman–Crippen LogP) is 2.76. The maximum atomic E-state index is 8.61. The van der Waals surface area contributed by atoms with E-state index in [1.165, 1.54) is 0 Å². The first-order valence-electron chi connectivity index (χ1n) is 3.60. The number of benzene rings is 1. The summed E-state index contributed by atoms with van der Waals surface area (Å²) in [7, 11) is 0. The molecule has 0 amide bonds. The van der Waals surface area contributed by atoms with Gasteiger partial charge >= 0.3 is 0 Å². The second-order valence-electron chi connectivity index (χ2n) is 2.42. The van der Waals surface area contributed by atoms with Gasteiger partial charge in [-0.1, -0.05) is 31.4 Å². The van der Waals surface area contributed by atoms with Crippen molar-refractivity contribution in [3.05, 3.63) is 54.6 Å². The van der Waals surface area contributed by atoms with Crippen LogP contribution >= 0.6 is 0 Å². The minimum atomic E-state index is 0.649. The summed E-state index contributed by atoms with van der Waals surface area (Å²) >= 11 is 0. The first-order valence-corrected chi connectivity index (χ1v) is 3.60. The molecule has 1 nitrogen and oxygen atoms in total. The summed E-state index contributed by atoms with van der Waals surface area (Å²) in [6.45, 7) is 7.40. The molecule has 0 saturated heterocycles. The lowest BCUT2D eigenvalue weighted by Gasteiger charge is -1.98. The minimum Gasteiger partial charge on any atom is -0.192 e. The fourth-order valence-electron chi connectivity index (χ4n) is 0.906. The number of nitriles is 1. The Balaban J connectivity index is 3.11. The minimum absolute atomic E-state index is 0.649. The van der Waals surface area contributed by atoms with Gasteiger partial charge in [-0.2, -0.15) is 5.26 Å². The number of allylic oxidation sites excluding steroid dienone is 2. The van der Waals surface area contributed by atoms with Crippen LogP contribution in [0, 0.1) is 11.3 Å². The second kappa shape index (κ2) is 3.54. The summed E-state index contributed by atoms with van der Waals surface area (Å²) in [6, 6.07) is 9.37. The topological polar surface area (TPSA) is 23.8 Å². The molecule has 58 valence electrons. The molecule has 0 aliphatic carbocycles. The molecular weight excluding hydrogens is 146 g/mol. The second-order valence-corrected chi connectivity index (χ2v) is 2.42. The van der Waals surface area contributed by atoms with E-state index in [1.54, 1.807) is 18.2 Å². The molecular formula is C11H9N. The van der Waals surface area contributed by atoms with E-state index in [0.717, 1.165) is 11.1 Å². The molecule has 1 aromatic rings. The van der Waals surface area contributed by atoms with Crippen molar-refractivity contribution in [3.63, 3.8) is 0 Å². The van der Waals surface area contributed by atoms with E-state index in [4.69, 9.17) is 5.26 Å². The van der Waals surface area contributed by atoms with Gasteiger partial charge in [-0.15, -0.1) is 0 Å². The third-order valence-corrected chi connectivity index (χ3v) is 1.61. The molecule has 0 aromatic heterocycles. The van der Waals surface area contributed by atoms with Crippen LogP contribution in [0.5, 0.6) is 0 Å². The lowest BCUT2D eigenvalue weighted by atomic mass is 10.1. The zero-order valence-electron chi connectivity index (χ0n) is 6.75. The molecule has 0 aliphatic heterocycles. The molecule has 0 heterocycles. The Morgan fingerprint density at radius 3 is 2.83 bits per heavy atom. The van der Waals surface area contributed by atoms with Gasteiger partial charge in [0.2, 0.25) is 0 Å². The first-order chi connectivity index (χ1) is 5.77. The molecule has 0 atom stereocenters. The quantitative estimate of drug-likeness (QED) is 0.602. The smallest absolute Gasteiger partial charge is 0.0991 e. The number of rotatable bonds is 2. The van der Waals surface area contributed by atoms with Gasteiger partial charge in [0.05, 0.1) is 11.6 Å². The lowest BCUT2D eigenvalue weighted by molar-refractivity contribution is 1.47. The third kappa shape index (κ3) is 1.62. The monoisotopic (exact) mass is 155 g/mol. The van der Waals surface area contributed by atoms with Crippen molar-refractivity contribution in [2.45, 2.75) is 0 Å². The molecule has 0 aliphatic rings. The zero-order chi connectivity index (χ0) is 8.97. The summed E-state index contributed by atoms with van der Waals surface area (Å²) < 4.78 is 0. The summed E-state index contributed by atoms with van der Waals surface area (Å²) in [6.07, 6.45) is 1.68. The fraction of sp³-hybridized carbons (Fsp3) is 0. The molecule has 0 radical (unpaired) electrons. The van der Waals surface area contributed by atoms with Crippen molar-refractivity contribution < 1.29 is 0 Å². The maximum absolute atomic E-state index is 8.61. The number of hydrogen-bond acceptors (Lipinski definition) is 1. The van der Waals surface area contributed by atoms with Gasteiger partial charge in [0.25, 0.3) is 0 Å². The number of hydrogen-bond donors (Lipinski definition) is 0. The molecule has 0 bridgehead atoms. The SMILES string of the molecule is C=CC(=C)c1cccc(C#N)c1. The van der Waals surface area contributed by atoms with Gasteiger partial charge < -0.3 is 0 Å². The summed E-state index contributed by atoms with van der Waals surface area (Å²) in [5.74, 6) is 0. The Bertz CT molecular complexity index is 356. The molecule has 0 spiro atoms. The van der Waals surface area contributed by atoms with Gasteiger partial charge in [-0.3, -0.25) is 0 Å². The van der Waals surface area contributed by atoms with Gasteiger partial charge in [0.1, 0.15) is 0 Å². The Morgan fingerprint density at radius 1 is 1.50 bits per heavy atom. The molecule has 0 unspecified atom stereocenters. The Labute approximate surface area is 72.3 Å². The van der Waals surface area contributed by atoms with Crippen molar-refractivity contribution in [2.75, 3.05) is 0 Å². The summed E-state index contributed by atoms with van der Waals surface area (Å²) in [5.41, 5.74) is 2.44. The first kappa shape index (κ1) is 8.29. The largest absolute Gasteiger partial charge is 0.192 e. The summed E-state index contributed by atoms with van der Waals surface area (Å²) in [5, 5.41) is 8.61. The van der Waals surface area contributed by atoms with Gasteiger partial charge in [-0.25, -0.2) is 0 Å². The highest BCUT2D eigenvalue weighted by Crippen LogP contribution is 2.13. The van der Waals surface area contributed by atoms with E-state index in [-0.39, 0.29) is 0 Å². The van der Waals surface area contributed by atoms with Crippen molar-refractivity contribution in [3.8, 4) is 6.07 Å². The van der Waals surface area contributed by atoms with E-state index < -0.39 is 0 Å². The molecule has 1 aromatic carbocycles. The standard InChI is InChI=1S/C11H9N/c1-3-9(2)11-6-4-5-10(7-11)8-12/h3-7H,1-2H2. The van der Waals surface area contributed by atoms with E-state index in [0.29, 0.717) is 5.56 Å². The molecule has 0 fully saturated rings. The van der Waals surface area contributed by atoms with E-state index in [2.05, 4.69) is 19.2 Å². The van der Waals surface area contributed by atoms with E-state index in [1.807, 2.05) is 12.1 Å². The van der Waals surface area contributed by atoms with Gasteiger partial charge in [-0.05, 0) is 23.3 Å². The third-order valence-electron chi connectivity index (χ3n) is 1.61. The van der Waals surface area contributed by atoms with Crippen molar-refractivity contribution in [1.29, 1.82) is 5.26 Å². The van der Waals surface area contributed by atoms with Crippen LogP contribution in [0.1, 0.15) is 11.1 Å². The average Bonchev–Trinajstić information content (AvgIpc) is 2.17. The zero-order valence-corrected chi connectivity index (χ0v) is 6.75. The van der Waals surface area contributed by atoms with Crippen LogP contribution in [0.25, 0.3) is 5.57 Å². The molecule has 1 rings (SSSR count). The highest BCUT2D eigenvalue weighted by atomic mass is 14.2. The Kier molecular flexibility index (Phi) is 2.45. The predicted molar refractivity (Wildman–Crippen MR) is 50.4 cm³/mol. The number of nitrogens with zero attached hydrogens (tertiary/aromatic N) is 1. The Morgan fingerprint density at radius 2 is 2.25 bits per heavy atom. The fourth-order valence-corrected chi connectivity index (χ4v) is 0.906. The van der Waals surface area contributed by atoms with Crippen LogP contribution in [-0.4, -0.2) is 0 Å². The van der Waals surface area contributed by atoms with E-state index >= 15 is 0 Å². The molecule has 0 saturated carbocycles. The van der Waals surface area contributed by atoms with Crippen LogP contribution < -0.4 is 0 Å². The van der Waals surface area contributed by atoms with Gasteiger partial charge in [0, 0.05) is 0 Å². The van der Waals surface area contributed by atoms with Crippen LogP contribution in [0.4, 0.5) is 0 Å². The van der Waals surface area contributed by atoms with Gasteiger partial charge in [0.15, 0.2) is 0 Å². The van der Waals surface area contributed by atoms with Crippen LogP contribution in [0.2, 0.25) is 0 Å². The van der Waals surface area contributed by atoms with Crippen LogP contribution in [0.15, 0.2) is 43.5 Å². The van der Waals surface area contributed by atoms with Crippen LogP contribution in [-0.2, 0) is 0 Å². The van der Waals surface area contributed by atoms with Crippen molar-refractivity contribution in [1.82, 2.24) is 0 Å². The van der Waals surface area contributed by atoms with Crippen molar-refractivity contribution >= 4 is 5.57 Å². The van der Waals surface area contributed by atoms with Crippen molar-refractivity contribution in [2.24, 2.45) is 0 Å². The average molecular weight is 155 g/mol. The van der Waals surface area contributed by atoms with Crippen LogP contribution in [0.3, 0.4) is 0 Å². The molecule has 1 heteroatoms. The summed E-state index contributed by atoms with van der Waals surface area (Å²) in [4.78, 5) is 0. The molecule has 12 heavy (non-hydrogen) atoms.